The zero-order valence-electron chi connectivity index (χ0n) is 13.1. The van der Waals surface area contributed by atoms with E-state index in [1.54, 1.807) is 4.90 Å². The Morgan fingerprint density at radius 3 is 2.67 bits per heavy atom. The Hall–Kier alpha value is -1.84. The Bertz CT molecular complexity index is 533. The molecule has 0 saturated carbocycles. The molecule has 1 aromatic rings. The van der Waals surface area contributed by atoms with Crippen LogP contribution in [0.4, 0.5) is 4.79 Å². The summed E-state index contributed by atoms with van der Waals surface area (Å²) in [6.45, 7) is 8.07. The number of carbonyl (C=O) groups excluding carboxylic acids is 2. The van der Waals surface area contributed by atoms with Gasteiger partial charge in [-0.25, -0.2) is 4.79 Å². The van der Waals surface area contributed by atoms with Gasteiger partial charge in [-0.2, -0.15) is 0 Å². The highest BCUT2D eigenvalue weighted by Gasteiger charge is 2.39. The van der Waals surface area contributed by atoms with Crippen LogP contribution in [0.15, 0.2) is 24.3 Å². The second-order valence-electron chi connectivity index (χ2n) is 6.61. The molecule has 1 saturated heterocycles. The van der Waals surface area contributed by atoms with Crippen LogP contribution in [0, 0.1) is 6.92 Å². The smallest absolute Gasteiger partial charge is 0.410 e. The summed E-state index contributed by atoms with van der Waals surface area (Å²) in [6, 6.07) is 7.68. The number of hydrogen-bond donors (Lipinski definition) is 0. The first-order valence-electron chi connectivity index (χ1n) is 7.33. The summed E-state index contributed by atoms with van der Waals surface area (Å²) in [5.74, 6) is 0.0509. The quantitative estimate of drug-likeness (QED) is 0.785. The lowest BCUT2D eigenvalue weighted by molar-refractivity contribution is -0.112. The van der Waals surface area contributed by atoms with E-state index in [9.17, 15) is 9.59 Å². The second-order valence-corrected chi connectivity index (χ2v) is 6.61. The van der Waals surface area contributed by atoms with E-state index in [-0.39, 0.29) is 5.92 Å². The highest BCUT2D eigenvalue weighted by atomic mass is 16.6. The molecule has 0 aromatic heterocycles. The standard InChI is InChI=1S/C17H23NO3/c1-12-6-5-7-13(10-12)14-8-9-18(15(14)11-19)16(20)21-17(2,3)4/h5-7,10-11,14-15H,8-9H2,1-4H3/t14-,15-/m0/s1. The zero-order chi connectivity index (χ0) is 15.6. The number of carbonyl (C=O) groups is 2. The lowest BCUT2D eigenvalue weighted by Gasteiger charge is -2.27. The third-order valence-corrected chi connectivity index (χ3v) is 3.69. The molecule has 0 spiro atoms. The summed E-state index contributed by atoms with van der Waals surface area (Å²) in [7, 11) is 0. The van der Waals surface area contributed by atoms with E-state index in [1.165, 1.54) is 0 Å². The van der Waals surface area contributed by atoms with Gasteiger partial charge in [0.05, 0.1) is 6.04 Å². The number of rotatable bonds is 2. The number of nitrogens with zero attached hydrogens (tertiary/aromatic N) is 1. The molecule has 1 amide bonds. The van der Waals surface area contributed by atoms with Crippen molar-refractivity contribution in [2.24, 2.45) is 0 Å². The molecule has 0 aliphatic carbocycles. The SMILES string of the molecule is Cc1cccc([C@@H]2CCN(C(=O)OC(C)(C)C)[C@H]2C=O)c1. The van der Waals surface area contributed by atoms with E-state index in [1.807, 2.05) is 45.9 Å². The third-order valence-electron chi connectivity index (χ3n) is 3.69. The molecule has 1 heterocycles. The molecule has 4 nitrogen and oxygen atoms in total. The van der Waals surface area contributed by atoms with Gasteiger partial charge in [0.2, 0.25) is 0 Å². The largest absolute Gasteiger partial charge is 0.444 e. The molecule has 0 N–H and O–H groups in total. The van der Waals surface area contributed by atoms with Crippen LogP contribution < -0.4 is 0 Å². The number of amides is 1. The highest BCUT2D eigenvalue weighted by Crippen LogP contribution is 2.33. The monoisotopic (exact) mass is 289 g/mol. The second kappa shape index (κ2) is 5.88. The van der Waals surface area contributed by atoms with Crippen molar-refractivity contribution < 1.29 is 14.3 Å². The van der Waals surface area contributed by atoms with Gasteiger partial charge in [-0.3, -0.25) is 4.90 Å². The van der Waals surface area contributed by atoms with Crippen molar-refractivity contribution in [2.75, 3.05) is 6.54 Å². The van der Waals surface area contributed by atoms with Crippen LogP contribution in [0.3, 0.4) is 0 Å². The van der Waals surface area contributed by atoms with Crippen LogP contribution >= 0.6 is 0 Å². The first-order chi connectivity index (χ1) is 9.81. The van der Waals surface area contributed by atoms with Crippen LogP contribution in [0.5, 0.6) is 0 Å². The number of aldehydes is 1. The van der Waals surface area contributed by atoms with Gasteiger partial charge in [0.15, 0.2) is 0 Å². The molecule has 114 valence electrons. The number of hydrogen-bond acceptors (Lipinski definition) is 3. The van der Waals surface area contributed by atoms with E-state index in [4.69, 9.17) is 4.74 Å². The van der Waals surface area contributed by atoms with Crippen molar-refractivity contribution in [3.05, 3.63) is 35.4 Å². The molecule has 1 fully saturated rings. The highest BCUT2D eigenvalue weighted by molar-refractivity contribution is 5.75. The summed E-state index contributed by atoms with van der Waals surface area (Å²) in [5.41, 5.74) is 1.72. The third kappa shape index (κ3) is 3.63. The normalized spacial score (nSPS) is 22.2. The summed E-state index contributed by atoms with van der Waals surface area (Å²) in [4.78, 5) is 25.3. The van der Waals surface area contributed by atoms with E-state index in [0.717, 1.165) is 23.8 Å². The molecule has 2 atom stereocenters. The maximum atomic E-state index is 12.2. The van der Waals surface area contributed by atoms with Gasteiger partial charge in [-0.15, -0.1) is 0 Å². The van der Waals surface area contributed by atoms with Gasteiger partial charge in [0.25, 0.3) is 0 Å². The lowest BCUT2D eigenvalue weighted by Crippen LogP contribution is -2.41. The topological polar surface area (TPSA) is 46.6 Å². The van der Waals surface area contributed by atoms with Crippen molar-refractivity contribution in [3.63, 3.8) is 0 Å². The minimum Gasteiger partial charge on any atom is -0.444 e. The van der Waals surface area contributed by atoms with Crippen molar-refractivity contribution in [1.82, 2.24) is 4.90 Å². The fourth-order valence-electron chi connectivity index (χ4n) is 2.78. The minimum atomic E-state index is -0.550. The van der Waals surface area contributed by atoms with Crippen molar-refractivity contribution in [3.8, 4) is 0 Å². The van der Waals surface area contributed by atoms with Gasteiger partial charge in [0.1, 0.15) is 11.9 Å². The first-order valence-corrected chi connectivity index (χ1v) is 7.33. The molecule has 1 aliphatic rings. The van der Waals surface area contributed by atoms with Crippen LogP contribution in [-0.2, 0) is 9.53 Å². The van der Waals surface area contributed by atoms with Crippen LogP contribution in [-0.4, -0.2) is 35.5 Å². The van der Waals surface area contributed by atoms with Crippen LogP contribution in [0.2, 0.25) is 0 Å². The zero-order valence-corrected chi connectivity index (χ0v) is 13.1. The van der Waals surface area contributed by atoms with Crippen LogP contribution in [0.1, 0.15) is 44.2 Å². The Morgan fingerprint density at radius 2 is 2.10 bits per heavy atom. The number of ether oxygens (including phenoxy) is 1. The van der Waals surface area contributed by atoms with Gasteiger partial charge < -0.3 is 9.53 Å². The Kier molecular flexibility index (Phi) is 4.35. The maximum absolute atomic E-state index is 12.2. The molecule has 4 heteroatoms. The Morgan fingerprint density at radius 1 is 1.38 bits per heavy atom. The fourth-order valence-corrected chi connectivity index (χ4v) is 2.78. The van der Waals surface area contributed by atoms with Crippen molar-refractivity contribution >= 4 is 12.4 Å². The molecular formula is C17H23NO3. The summed E-state index contributed by atoms with van der Waals surface area (Å²) in [5, 5.41) is 0. The molecule has 0 unspecified atom stereocenters. The minimum absolute atomic E-state index is 0.0509. The Labute approximate surface area is 126 Å². The van der Waals surface area contributed by atoms with E-state index in [2.05, 4.69) is 6.07 Å². The van der Waals surface area contributed by atoms with E-state index in [0.29, 0.717) is 6.54 Å². The van der Waals surface area contributed by atoms with Gasteiger partial charge >= 0.3 is 6.09 Å². The number of benzene rings is 1. The molecule has 0 radical (unpaired) electrons. The lowest BCUT2D eigenvalue weighted by atomic mass is 9.91. The predicted octanol–water partition coefficient (Wildman–Crippen LogP) is 3.29. The molecule has 2 rings (SSSR count). The van der Waals surface area contributed by atoms with Gasteiger partial charge in [-0.1, -0.05) is 29.8 Å². The van der Waals surface area contributed by atoms with Gasteiger partial charge in [-0.05, 0) is 39.7 Å². The number of likely N-dealkylation sites (tertiary alicyclic amines) is 1. The molecule has 1 aliphatic heterocycles. The van der Waals surface area contributed by atoms with Crippen LogP contribution in [0.25, 0.3) is 0 Å². The molecular weight excluding hydrogens is 266 g/mol. The van der Waals surface area contributed by atoms with E-state index < -0.39 is 17.7 Å². The summed E-state index contributed by atoms with van der Waals surface area (Å²) < 4.78 is 5.39. The average Bonchev–Trinajstić information content (AvgIpc) is 2.80. The fraction of sp³-hybridized carbons (Fsp3) is 0.529. The van der Waals surface area contributed by atoms with Gasteiger partial charge in [0, 0.05) is 12.5 Å². The molecule has 21 heavy (non-hydrogen) atoms. The molecule has 0 bridgehead atoms. The summed E-state index contributed by atoms with van der Waals surface area (Å²) in [6.07, 6.45) is 1.24. The average molecular weight is 289 g/mol. The first kappa shape index (κ1) is 15.5. The van der Waals surface area contributed by atoms with Crippen molar-refractivity contribution in [1.29, 1.82) is 0 Å². The van der Waals surface area contributed by atoms with E-state index >= 15 is 0 Å². The molecule has 1 aromatic carbocycles. The predicted molar refractivity (Wildman–Crippen MR) is 81.3 cm³/mol. The van der Waals surface area contributed by atoms with Crippen molar-refractivity contribution in [2.45, 2.75) is 51.7 Å². The number of aryl methyl sites for hydroxylation is 1. The summed E-state index contributed by atoms with van der Waals surface area (Å²) >= 11 is 0. The maximum Gasteiger partial charge on any atom is 0.410 e. The Balaban J connectivity index is 2.18.